The zero-order valence-corrected chi connectivity index (χ0v) is 15.1. The molecule has 1 spiro atoms. The van der Waals surface area contributed by atoms with Gasteiger partial charge in [-0.3, -0.25) is 4.79 Å². The average Bonchev–Trinajstić information content (AvgIpc) is 3.10. The number of urea groups is 1. The molecule has 0 aromatic heterocycles. The fourth-order valence-electron chi connectivity index (χ4n) is 3.33. The van der Waals surface area contributed by atoms with Gasteiger partial charge in [0, 0.05) is 30.5 Å². The number of nitrogens with one attached hydrogen (secondary N) is 3. The van der Waals surface area contributed by atoms with Gasteiger partial charge in [0.05, 0.1) is 5.54 Å². The van der Waals surface area contributed by atoms with Crippen LogP contribution >= 0.6 is 11.8 Å². The zero-order valence-electron chi connectivity index (χ0n) is 14.3. The Labute approximate surface area is 144 Å². The van der Waals surface area contributed by atoms with Crippen molar-refractivity contribution in [3.8, 4) is 0 Å². The molecule has 0 aromatic carbocycles. The number of hydrogen-bond acceptors (Lipinski definition) is 3. The van der Waals surface area contributed by atoms with E-state index in [1.807, 2.05) is 11.8 Å². The fourth-order valence-corrected chi connectivity index (χ4v) is 4.95. The lowest BCUT2D eigenvalue weighted by molar-refractivity contribution is -0.121. The van der Waals surface area contributed by atoms with Crippen LogP contribution in [0.15, 0.2) is 0 Å². The predicted octanol–water partition coefficient (Wildman–Crippen LogP) is 2.80. The number of hydrogen-bond donors (Lipinski definition) is 3. The summed E-state index contributed by atoms with van der Waals surface area (Å²) >= 11 is 1.97. The van der Waals surface area contributed by atoms with Crippen LogP contribution in [0.1, 0.15) is 64.7 Å². The molecule has 3 N–H and O–H groups in total. The van der Waals surface area contributed by atoms with Gasteiger partial charge < -0.3 is 16.0 Å². The molecule has 132 valence electrons. The molecule has 0 bridgehead atoms. The highest BCUT2D eigenvalue weighted by Crippen LogP contribution is 2.38. The van der Waals surface area contributed by atoms with Gasteiger partial charge in [-0.25, -0.2) is 4.79 Å². The fraction of sp³-hybridized carbons (Fsp3) is 0.882. The summed E-state index contributed by atoms with van der Waals surface area (Å²) in [5, 5.41) is 9.57. The van der Waals surface area contributed by atoms with E-state index < -0.39 is 0 Å². The van der Waals surface area contributed by atoms with Crippen LogP contribution in [0.2, 0.25) is 0 Å². The van der Waals surface area contributed by atoms with Crippen molar-refractivity contribution < 1.29 is 9.59 Å². The number of rotatable bonds is 10. The summed E-state index contributed by atoms with van der Waals surface area (Å²) in [6.07, 6.45) is 9.71. The number of carbonyl (C=O) groups excluding carboxylic acids is 2. The third-order valence-electron chi connectivity index (χ3n) is 4.71. The van der Waals surface area contributed by atoms with E-state index in [1.54, 1.807) is 0 Å². The lowest BCUT2D eigenvalue weighted by atomic mass is 9.95. The first-order chi connectivity index (χ1) is 11.1. The summed E-state index contributed by atoms with van der Waals surface area (Å²) in [6, 6.07) is -0.0261. The van der Waals surface area contributed by atoms with Gasteiger partial charge in [-0.2, -0.15) is 11.8 Å². The molecule has 23 heavy (non-hydrogen) atoms. The molecule has 1 unspecified atom stereocenters. The summed E-state index contributed by atoms with van der Waals surface area (Å²) in [4.78, 5) is 23.1. The molecule has 0 aliphatic carbocycles. The van der Waals surface area contributed by atoms with E-state index >= 15 is 0 Å². The molecule has 2 atom stereocenters. The highest BCUT2D eigenvalue weighted by Gasteiger charge is 2.44. The van der Waals surface area contributed by atoms with E-state index in [-0.39, 0.29) is 17.5 Å². The van der Waals surface area contributed by atoms with Crippen LogP contribution in [-0.2, 0) is 4.79 Å². The Kier molecular flexibility index (Phi) is 7.53. The molecule has 2 aliphatic heterocycles. The summed E-state index contributed by atoms with van der Waals surface area (Å²) in [7, 11) is 0. The number of carbonyl (C=O) groups is 2. The van der Waals surface area contributed by atoms with Crippen LogP contribution in [-0.4, -0.2) is 41.6 Å². The Morgan fingerprint density at radius 3 is 2.91 bits per heavy atom. The molecule has 6 heteroatoms. The van der Waals surface area contributed by atoms with Gasteiger partial charge in [0.2, 0.25) is 5.91 Å². The monoisotopic (exact) mass is 341 g/mol. The van der Waals surface area contributed by atoms with Gasteiger partial charge in [-0.05, 0) is 25.7 Å². The molecule has 0 saturated carbocycles. The molecule has 3 amide bonds. The average molecular weight is 342 g/mol. The van der Waals surface area contributed by atoms with Crippen molar-refractivity contribution in [2.45, 2.75) is 75.5 Å². The van der Waals surface area contributed by atoms with E-state index in [0.717, 1.165) is 50.9 Å². The van der Waals surface area contributed by atoms with Crippen molar-refractivity contribution in [2.75, 3.05) is 18.8 Å². The molecule has 2 rings (SSSR count). The first-order valence-corrected chi connectivity index (χ1v) is 10.1. The van der Waals surface area contributed by atoms with E-state index in [1.165, 1.54) is 19.3 Å². The lowest BCUT2D eigenvalue weighted by Crippen LogP contribution is -2.43. The van der Waals surface area contributed by atoms with Crippen LogP contribution in [0.25, 0.3) is 0 Å². The number of amides is 3. The topological polar surface area (TPSA) is 70.2 Å². The zero-order chi connectivity index (χ0) is 16.5. The van der Waals surface area contributed by atoms with Gasteiger partial charge in [0.25, 0.3) is 0 Å². The third-order valence-corrected chi connectivity index (χ3v) is 6.31. The van der Waals surface area contributed by atoms with Crippen molar-refractivity contribution in [3.05, 3.63) is 0 Å². The number of unbranched alkanes of at least 4 members (excludes halogenated alkanes) is 4. The molecular weight excluding hydrogens is 310 g/mol. The minimum absolute atomic E-state index is 0.0116. The van der Waals surface area contributed by atoms with Crippen molar-refractivity contribution >= 4 is 23.7 Å². The second kappa shape index (κ2) is 9.40. The van der Waals surface area contributed by atoms with Crippen LogP contribution in [0, 0.1) is 0 Å². The Bertz CT molecular complexity index is 405. The van der Waals surface area contributed by atoms with Crippen molar-refractivity contribution in [1.82, 2.24) is 16.0 Å². The van der Waals surface area contributed by atoms with E-state index in [2.05, 4.69) is 22.9 Å². The maximum Gasteiger partial charge on any atom is 0.315 e. The molecule has 2 fully saturated rings. The first kappa shape index (κ1) is 18.4. The summed E-state index contributed by atoms with van der Waals surface area (Å²) < 4.78 is 0. The van der Waals surface area contributed by atoms with Gasteiger partial charge >= 0.3 is 6.03 Å². The van der Waals surface area contributed by atoms with Crippen LogP contribution in [0.5, 0.6) is 0 Å². The van der Waals surface area contributed by atoms with Gasteiger partial charge in [-0.1, -0.05) is 32.6 Å². The van der Waals surface area contributed by atoms with Crippen LogP contribution < -0.4 is 16.0 Å². The minimum Gasteiger partial charge on any atom is -0.356 e. The highest BCUT2D eigenvalue weighted by molar-refractivity contribution is 8.00. The quantitative estimate of drug-likeness (QED) is 0.535. The van der Waals surface area contributed by atoms with Crippen LogP contribution in [0.3, 0.4) is 0 Å². The second-order valence-corrected chi connectivity index (χ2v) is 8.17. The first-order valence-electron chi connectivity index (χ1n) is 9.08. The minimum atomic E-state index is -0.0261. The van der Waals surface area contributed by atoms with Crippen molar-refractivity contribution in [3.63, 3.8) is 0 Å². The smallest absolute Gasteiger partial charge is 0.315 e. The van der Waals surface area contributed by atoms with Crippen molar-refractivity contribution in [1.29, 1.82) is 0 Å². The van der Waals surface area contributed by atoms with Gasteiger partial charge in [-0.15, -0.1) is 0 Å². The molecule has 2 heterocycles. The van der Waals surface area contributed by atoms with E-state index in [9.17, 15) is 9.59 Å². The largest absolute Gasteiger partial charge is 0.356 e. The molecule has 0 radical (unpaired) electrons. The van der Waals surface area contributed by atoms with Gasteiger partial charge in [0.1, 0.15) is 0 Å². The summed E-state index contributed by atoms with van der Waals surface area (Å²) in [5.74, 6) is 1.21. The molecular formula is C17H31N3O2S. The van der Waals surface area contributed by atoms with Crippen molar-refractivity contribution in [2.24, 2.45) is 0 Å². The molecule has 2 saturated heterocycles. The molecule has 5 nitrogen and oxygen atoms in total. The normalized spacial score (nSPS) is 26.3. The summed E-state index contributed by atoms with van der Waals surface area (Å²) in [5.41, 5.74) is -0.0116. The lowest BCUT2D eigenvalue weighted by Gasteiger charge is -2.20. The summed E-state index contributed by atoms with van der Waals surface area (Å²) in [6.45, 7) is 3.78. The predicted molar refractivity (Wildman–Crippen MR) is 95.7 cm³/mol. The Balaban J connectivity index is 1.48. The maximum absolute atomic E-state index is 11.7. The SMILES string of the molecule is CCCCCCNC(=O)CCCC[C@H]1CC2(CNC(=O)N2)CS1. The second-order valence-electron chi connectivity index (χ2n) is 6.88. The molecule has 2 aliphatic rings. The maximum atomic E-state index is 11.7. The third kappa shape index (κ3) is 6.24. The standard InChI is InChI=1S/C17H31N3O2S/c1-2-3-4-7-10-18-15(21)9-6-5-8-14-11-17(13-23-14)12-19-16(22)20-17/h14H,2-13H2,1H3,(H,18,21)(H2,19,20,22)/t14-,17?/m0/s1. The van der Waals surface area contributed by atoms with Crippen LogP contribution in [0.4, 0.5) is 4.79 Å². The Hall–Kier alpha value is -0.910. The Morgan fingerprint density at radius 2 is 2.17 bits per heavy atom. The Morgan fingerprint density at radius 1 is 1.30 bits per heavy atom. The van der Waals surface area contributed by atoms with Gasteiger partial charge in [0.15, 0.2) is 0 Å². The van der Waals surface area contributed by atoms with E-state index in [0.29, 0.717) is 11.7 Å². The number of thioether (sulfide) groups is 1. The molecule has 0 aromatic rings. The highest BCUT2D eigenvalue weighted by atomic mass is 32.2. The van der Waals surface area contributed by atoms with E-state index in [4.69, 9.17) is 0 Å².